The summed E-state index contributed by atoms with van der Waals surface area (Å²) in [5, 5.41) is 11.8. The van der Waals surface area contributed by atoms with Crippen molar-refractivity contribution in [2.24, 2.45) is 0 Å². The van der Waals surface area contributed by atoms with Crippen molar-refractivity contribution in [1.29, 1.82) is 0 Å². The molecule has 1 atom stereocenters. The van der Waals surface area contributed by atoms with Gasteiger partial charge in [-0.05, 0) is 37.6 Å². The number of hydrogen-bond donors (Lipinski definition) is 2. The molecule has 5 nitrogen and oxygen atoms in total. The van der Waals surface area contributed by atoms with Crippen molar-refractivity contribution in [2.75, 3.05) is 7.05 Å². The van der Waals surface area contributed by atoms with Crippen LogP contribution in [0.3, 0.4) is 0 Å². The Labute approximate surface area is 105 Å². The van der Waals surface area contributed by atoms with E-state index >= 15 is 0 Å². The molecule has 0 aliphatic carbocycles. The molecule has 0 fully saturated rings. The Morgan fingerprint density at radius 3 is 3.11 bits per heavy atom. The summed E-state index contributed by atoms with van der Waals surface area (Å²) in [4.78, 5) is 14.6. The fraction of sp³-hybridized carbons (Fsp3) is 0.385. The first-order valence-electron chi connectivity index (χ1n) is 5.93. The second-order valence-electron chi connectivity index (χ2n) is 4.21. The zero-order chi connectivity index (χ0) is 13.0. The number of carboxylic acid groups (broad SMARTS) is 1. The van der Waals surface area contributed by atoms with E-state index in [1.54, 1.807) is 0 Å². The molecule has 2 aromatic rings. The Bertz CT molecular complexity index is 536. The van der Waals surface area contributed by atoms with Crippen LogP contribution in [0.1, 0.15) is 30.9 Å². The van der Waals surface area contributed by atoms with Crippen molar-refractivity contribution in [3.63, 3.8) is 0 Å². The molecule has 0 saturated heterocycles. The molecule has 1 aromatic carbocycles. The molecule has 1 heterocycles. The fourth-order valence-corrected chi connectivity index (χ4v) is 2.02. The minimum atomic E-state index is -0.754. The van der Waals surface area contributed by atoms with Gasteiger partial charge in [0.15, 0.2) is 12.0 Å². The summed E-state index contributed by atoms with van der Waals surface area (Å²) >= 11 is 0. The van der Waals surface area contributed by atoms with Crippen LogP contribution in [0.2, 0.25) is 0 Å². The number of aromatic nitrogens is 1. The highest BCUT2D eigenvalue weighted by Gasteiger charge is 2.11. The molecule has 0 saturated carbocycles. The molecule has 96 valence electrons. The molecule has 1 aromatic heterocycles. The lowest BCUT2D eigenvalue weighted by atomic mass is 10.0. The van der Waals surface area contributed by atoms with Crippen LogP contribution in [0.4, 0.5) is 0 Å². The summed E-state index contributed by atoms with van der Waals surface area (Å²) in [6.07, 6.45) is 3.05. The third-order valence-corrected chi connectivity index (χ3v) is 2.99. The van der Waals surface area contributed by atoms with Gasteiger partial charge in [0.05, 0.1) is 0 Å². The number of aliphatic carboxylic acids is 1. The largest absolute Gasteiger partial charge is 0.481 e. The predicted octanol–water partition coefficient (Wildman–Crippen LogP) is 2.34. The van der Waals surface area contributed by atoms with Gasteiger partial charge >= 0.3 is 5.97 Å². The number of oxazole rings is 1. The molecule has 2 rings (SSSR count). The van der Waals surface area contributed by atoms with E-state index < -0.39 is 5.97 Å². The van der Waals surface area contributed by atoms with E-state index in [0.29, 0.717) is 6.42 Å². The van der Waals surface area contributed by atoms with E-state index in [2.05, 4.69) is 10.3 Å². The lowest BCUT2D eigenvalue weighted by molar-refractivity contribution is -0.137. The van der Waals surface area contributed by atoms with Gasteiger partial charge in [-0.3, -0.25) is 4.79 Å². The maximum absolute atomic E-state index is 10.5. The third-order valence-electron chi connectivity index (χ3n) is 2.99. The van der Waals surface area contributed by atoms with E-state index in [-0.39, 0.29) is 12.5 Å². The lowest BCUT2D eigenvalue weighted by Crippen LogP contribution is -2.16. The Balaban J connectivity index is 2.08. The number of carboxylic acids is 1. The van der Waals surface area contributed by atoms with E-state index in [1.165, 1.54) is 6.39 Å². The summed E-state index contributed by atoms with van der Waals surface area (Å²) in [7, 11) is 1.87. The zero-order valence-electron chi connectivity index (χ0n) is 10.2. The monoisotopic (exact) mass is 248 g/mol. The zero-order valence-corrected chi connectivity index (χ0v) is 10.2. The average Bonchev–Trinajstić information content (AvgIpc) is 2.81. The highest BCUT2D eigenvalue weighted by atomic mass is 16.4. The lowest BCUT2D eigenvalue weighted by Gasteiger charge is -2.15. The minimum absolute atomic E-state index is 0.138. The third kappa shape index (κ3) is 2.87. The topological polar surface area (TPSA) is 75.4 Å². The van der Waals surface area contributed by atoms with Crippen molar-refractivity contribution in [2.45, 2.75) is 25.3 Å². The van der Waals surface area contributed by atoms with E-state index in [9.17, 15) is 4.79 Å². The molecule has 0 bridgehead atoms. The quantitative estimate of drug-likeness (QED) is 0.820. The summed E-state index contributed by atoms with van der Waals surface area (Å²) in [5.74, 6) is -0.754. The van der Waals surface area contributed by atoms with Gasteiger partial charge in [-0.1, -0.05) is 6.07 Å². The normalized spacial score (nSPS) is 12.7. The maximum atomic E-state index is 10.5. The van der Waals surface area contributed by atoms with Crippen LogP contribution in [0.25, 0.3) is 11.1 Å². The summed E-state index contributed by atoms with van der Waals surface area (Å²) in [5.41, 5.74) is 2.68. The molecule has 0 spiro atoms. The van der Waals surface area contributed by atoms with Gasteiger partial charge in [0.1, 0.15) is 5.52 Å². The van der Waals surface area contributed by atoms with Crippen molar-refractivity contribution in [3.8, 4) is 0 Å². The first-order valence-corrected chi connectivity index (χ1v) is 5.93. The van der Waals surface area contributed by atoms with Crippen molar-refractivity contribution < 1.29 is 14.3 Å². The highest BCUT2D eigenvalue weighted by Crippen LogP contribution is 2.23. The number of nitrogens with zero attached hydrogens (tertiary/aromatic N) is 1. The highest BCUT2D eigenvalue weighted by molar-refractivity contribution is 5.72. The number of rotatable bonds is 6. The van der Waals surface area contributed by atoms with E-state index in [4.69, 9.17) is 9.52 Å². The summed E-state index contributed by atoms with van der Waals surface area (Å²) in [6, 6.07) is 5.99. The van der Waals surface area contributed by atoms with E-state index in [0.717, 1.165) is 23.1 Å². The van der Waals surface area contributed by atoms with Gasteiger partial charge in [0.2, 0.25) is 0 Å². The predicted molar refractivity (Wildman–Crippen MR) is 67.3 cm³/mol. The molecule has 0 aliphatic rings. The Morgan fingerprint density at radius 1 is 1.56 bits per heavy atom. The van der Waals surface area contributed by atoms with Gasteiger partial charge in [0, 0.05) is 12.5 Å². The van der Waals surface area contributed by atoms with Gasteiger partial charge in [-0.25, -0.2) is 4.98 Å². The number of benzene rings is 1. The second-order valence-corrected chi connectivity index (χ2v) is 4.21. The maximum Gasteiger partial charge on any atom is 0.303 e. The van der Waals surface area contributed by atoms with Crippen LogP contribution in [0, 0.1) is 0 Å². The number of carbonyl (C=O) groups is 1. The first kappa shape index (κ1) is 12.6. The Kier molecular flexibility index (Phi) is 3.94. The van der Waals surface area contributed by atoms with Crippen molar-refractivity contribution in [1.82, 2.24) is 10.3 Å². The second kappa shape index (κ2) is 5.64. The molecular formula is C13H16N2O3. The van der Waals surface area contributed by atoms with Crippen LogP contribution in [0.5, 0.6) is 0 Å². The van der Waals surface area contributed by atoms with Gasteiger partial charge in [-0.2, -0.15) is 0 Å². The van der Waals surface area contributed by atoms with Crippen molar-refractivity contribution >= 4 is 17.1 Å². The Hall–Kier alpha value is -1.88. The summed E-state index contributed by atoms with van der Waals surface area (Å²) < 4.78 is 5.26. The minimum Gasteiger partial charge on any atom is -0.481 e. The fourth-order valence-electron chi connectivity index (χ4n) is 2.02. The number of hydrogen-bond acceptors (Lipinski definition) is 4. The van der Waals surface area contributed by atoms with Crippen molar-refractivity contribution in [3.05, 3.63) is 30.2 Å². The average molecular weight is 248 g/mol. The molecule has 2 N–H and O–H groups in total. The molecule has 0 amide bonds. The Morgan fingerprint density at radius 2 is 2.39 bits per heavy atom. The van der Waals surface area contributed by atoms with Crippen LogP contribution >= 0.6 is 0 Å². The van der Waals surface area contributed by atoms with Crippen LogP contribution in [0.15, 0.2) is 29.0 Å². The molecule has 18 heavy (non-hydrogen) atoms. The van der Waals surface area contributed by atoms with Gasteiger partial charge in [-0.15, -0.1) is 0 Å². The van der Waals surface area contributed by atoms with Gasteiger partial charge in [0.25, 0.3) is 0 Å². The van der Waals surface area contributed by atoms with Gasteiger partial charge < -0.3 is 14.8 Å². The van der Waals surface area contributed by atoms with E-state index in [1.807, 2.05) is 25.2 Å². The first-order chi connectivity index (χ1) is 8.70. The SMILES string of the molecule is CNC(CCCC(=O)O)c1ccc2ncoc2c1. The number of nitrogens with one attached hydrogen (secondary N) is 1. The molecular weight excluding hydrogens is 232 g/mol. The molecule has 0 radical (unpaired) electrons. The summed E-state index contributed by atoms with van der Waals surface area (Å²) in [6.45, 7) is 0. The smallest absolute Gasteiger partial charge is 0.303 e. The standard InChI is InChI=1S/C13H16N2O3/c1-14-10(3-2-4-13(16)17)9-5-6-11-12(7-9)18-8-15-11/h5-8,10,14H,2-4H2,1H3,(H,16,17). The van der Waals surface area contributed by atoms with Crippen LogP contribution in [-0.4, -0.2) is 23.1 Å². The van der Waals surface area contributed by atoms with Crippen LogP contribution in [-0.2, 0) is 4.79 Å². The molecule has 5 heteroatoms. The number of fused-ring (bicyclic) bond motifs is 1. The van der Waals surface area contributed by atoms with Crippen LogP contribution < -0.4 is 5.32 Å². The molecule has 1 unspecified atom stereocenters. The molecule has 0 aliphatic heterocycles.